The normalized spacial score (nSPS) is 18.3. The summed E-state index contributed by atoms with van der Waals surface area (Å²) in [5.41, 5.74) is 9.41. The highest BCUT2D eigenvalue weighted by Crippen LogP contribution is 2.65. The van der Waals surface area contributed by atoms with Crippen molar-refractivity contribution in [2.24, 2.45) is 0 Å². The SMILES string of the molecule is Cc1cc2c(s1)-c1ccc(Br)cc1C21c2ccccc2-c2c(Br)cccc21. The van der Waals surface area contributed by atoms with Gasteiger partial charge in [0, 0.05) is 24.3 Å². The quantitative estimate of drug-likeness (QED) is 0.201. The minimum Gasteiger partial charge on any atom is -0.140 e. The Balaban J connectivity index is 1.88. The summed E-state index contributed by atoms with van der Waals surface area (Å²) < 4.78 is 2.30. The predicted molar refractivity (Wildman–Crippen MR) is 121 cm³/mol. The molecule has 4 aromatic rings. The maximum Gasteiger partial charge on any atom is 0.0734 e. The second kappa shape index (κ2) is 5.44. The maximum atomic E-state index is 3.84. The van der Waals surface area contributed by atoms with Gasteiger partial charge in [0.1, 0.15) is 0 Å². The molecular weight excluding hydrogens is 480 g/mol. The first-order valence-electron chi connectivity index (χ1n) is 8.92. The Hall–Kier alpha value is -1.68. The van der Waals surface area contributed by atoms with E-state index >= 15 is 0 Å². The molecule has 0 nitrogen and oxygen atoms in total. The van der Waals surface area contributed by atoms with Crippen LogP contribution in [0.15, 0.2) is 75.7 Å². The fraction of sp³-hybridized carbons (Fsp3) is 0.0833. The molecule has 130 valence electrons. The fourth-order valence-corrected chi connectivity index (χ4v) is 7.08. The number of fused-ring (bicyclic) bond motifs is 10. The summed E-state index contributed by atoms with van der Waals surface area (Å²) in [5.74, 6) is 0. The first-order chi connectivity index (χ1) is 13.1. The Bertz CT molecular complexity index is 1270. The van der Waals surface area contributed by atoms with Crippen molar-refractivity contribution >= 4 is 43.2 Å². The lowest BCUT2D eigenvalue weighted by atomic mass is 9.71. The maximum absolute atomic E-state index is 3.84. The largest absolute Gasteiger partial charge is 0.140 e. The molecule has 1 spiro atoms. The lowest BCUT2D eigenvalue weighted by Crippen LogP contribution is -2.25. The molecule has 0 bridgehead atoms. The van der Waals surface area contributed by atoms with Crippen LogP contribution in [-0.2, 0) is 5.41 Å². The van der Waals surface area contributed by atoms with Crippen LogP contribution in [0.1, 0.15) is 27.1 Å². The lowest BCUT2D eigenvalue weighted by Gasteiger charge is -2.30. The first kappa shape index (κ1) is 16.3. The van der Waals surface area contributed by atoms with Gasteiger partial charge < -0.3 is 0 Å². The molecule has 0 saturated carbocycles. The van der Waals surface area contributed by atoms with Crippen molar-refractivity contribution in [3.8, 4) is 21.6 Å². The molecule has 2 aliphatic carbocycles. The number of thiophene rings is 1. The van der Waals surface area contributed by atoms with Crippen molar-refractivity contribution in [1.29, 1.82) is 0 Å². The summed E-state index contributed by atoms with van der Waals surface area (Å²) >= 11 is 9.48. The molecule has 6 rings (SSSR count). The van der Waals surface area contributed by atoms with Gasteiger partial charge in [0.25, 0.3) is 0 Å². The molecule has 1 atom stereocenters. The van der Waals surface area contributed by atoms with E-state index in [1.54, 1.807) is 0 Å². The van der Waals surface area contributed by atoms with Gasteiger partial charge in [0.05, 0.1) is 5.41 Å². The minimum absolute atomic E-state index is 0.227. The smallest absolute Gasteiger partial charge is 0.0734 e. The van der Waals surface area contributed by atoms with Gasteiger partial charge in [-0.1, -0.05) is 74.3 Å². The van der Waals surface area contributed by atoms with Crippen LogP contribution in [0, 0.1) is 6.92 Å². The zero-order chi connectivity index (χ0) is 18.3. The van der Waals surface area contributed by atoms with E-state index in [-0.39, 0.29) is 5.41 Å². The number of benzene rings is 3. The molecular formula is C24H14Br2S. The van der Waals surface area contributed by atoms with Crippen molar-refractivity contribution in [1.82, 2.24) is 0 Å². The van der Waals surface area contributed by atoms with Crippen LogP contribution in [0.4, 0.5) is 0 Å². The molecule has 1 aromatic heterocycles. The third-order valence-electron chi connectivity index (χ3n) is 5.91. The minimum atomic E-state index is -0.227. The third kappa shape index (κ3) is 1.88. The number of halogens is 2. The fourth-order valence-electron chi connectivity index (χ4n) is 5.03. The zero-order valence-electron chi connectivity index (χ0n) is 14.5. The van der Waals surface area contributed by atoms with Crippen LogP contribution in [0.3, 0.4) is 0 Å². The van der Waals surface area contributed by atoms with Crippen molar-refractivity contribution in [3.63, 3.8) is 0 Å². The average Bonchev–Trinajstić information content (AvgIpc) is 3.26. The van der Waals surface area contributed by atoms with Crippen molar-refractivity contribution < 1.29 is 0 Å². The van der Waals surface area contributed by atoms with Gasteiger partial charge in [-0.15, -0.1) is 11.3 Å². The number of hydrogen-bond donors (Lipinski definition) is 0. The van der Waals surface area contributed by atoms with Gasteiger partial charge in [-0.05, 0) is 64.6 Å². The Morgan fingerprint density at radius 2 is 1.56 bits per heavy atom. The molecule has 0 saturated heterocycles. The van der Waals surface area contributed by atoms with Crippen LogP contribution < -0.4 is 0 Å². The molecule has 3 heteroatoms. The molecule has 0 radical (unpaired) electrons. The van der Waals surface area contributed by atoms with E-state index in [0.717, 1.165) is 4.47 Å². The topological polar surface area (TPSA) is 0 Å². The van der Waals surface area contributed by atoms with Crippen molar-refractivity contribution in [2.75, 3.05) is 0 Å². The van der Waals surface area contributed by atoms with Crippen molar-refractivity contribution in [3.05, 3.63) is 103 Å². The van der Waals surface area contributed by atoms with Crippen molar-refractivity contribution in [2.45, 2.75) is 12.3 Å². The van der Waals surface area contributed by atoms with Gasteiger partial charge in [0.15, 0.2) is 0 Å². The van der Waals surface area contributed by atoms with Crippen LogP contribution in [-0.4, -0.2) is 0 Å². The Kier molecular flexibility index (Phi) is 3.28. The summed E-state index contributed by atoms with van der Waals surface area (Å²) in [4.78, 5) is 2.78. The van der Waals surface area contributed by atoms with E-state index in [1.165, 1.54) is 53.2 Å². The summed E-state index contributed by atoms with van der Waals surface area (Å²) in [7, 11) is 0. The molecule has 0 fully saturated rings. The molecule has 0 amide bonds. The lowest BCUT2D eigenvalue weighted by molar-refractivity contribution is 0.794. The molecule has 0 aliphatic heterocycles. The van der Waals surface area contributed by atoms with Crippen LogP contribution in [0.2, 0.25) is 0 Å². The highest BCUT2D eigenvalue weighted by molar-refractivity contribution is 9.10. The standard InChI is InChI=1S/C24H14Br2S/c1-13-11-20-23(27-13)16-10-9-14(25)12-19(16)24(20)17-6-3-2-5-15(17)22-18(24)7-4-8-21(22)26/h2-12H,1H3. The van der Waals surface area contributed by atoms with E-state index in [2.05, 4.69) is 106 Å². The Labute approximate surface area is 179 Å². The van der Waals surface area contributed by atoms with E-state index in [9.17, 15) is 0 Å². The molecule has 1 unspecified atom stereocenters. The van der Waals surface area contributed by atoms with Gasteiger partial charge in [-0.3, -0.25) is 0 Å². The van der Waals surface area contributed by atoms with E-state index in [0.29, 0.717) is 0 Å². The van der Waals surface area contributed by atoms with E-state index in [4.69, 9.17) is 0 Å². The average molecular weight is 494 g/mol. The molecule has 1 heterocycles. The van der Waals surface area contributed by atoms with E-state index in [1.807, 2.05) is 11.3 Å². The second-order valence-corrected chi connectivity index (χ2v) is 10.3. The van der Waals surface area contributed by atoms with Gasteiger partial charge in [-0.2, -0.15) is 0 Å². The highest BCUT2D eigenvalue weighted by atomic mass is 79.9. The molecule has 2 aliphatic rings. The molecule has 3 aromatic carbocycles. The van der Waals surface area contributed by atoms with Gasteiger partial charge in [0.2, 0.25) is 0 Å². The Morgan fingerprint density at radius 1 is 0.741 bits per heavy atom. The number of rotatable bonds is 0. The highest BCUT2D eigenvalue weighted by Gasteiger charge is 2.52. The van der Waals surface area contributed by atoms with Crippen LogP contribution >= 0.6 is 43.2 Å². The van der Waals surface area contributed by atoms with Crippen LogP contribution in [0.25, 0.3) is 21.6 Å². The van der Waals surface area contributed by atoms with Crippen LogP contribution in [0.5, 0.6) is 0 Å². The summed E-state index contributed by atoms with van der Waals surface area (Å²) in [6, 6.07) is 24.7. The summed E-state index contributed by atoms with van der Waals surface area (Å²) in [6.07, 6.45) is 0. The third-order valence-corrected chi connectivity index (χ3v) is 8.15. The predicted octanol–water partition coefficient (Wildman–Crippen LogP) is 7.93. The summed E-state index contributed by atoms with van der Waals surface area (Å²) in [6.45, 7) is 2.22. The second-order valence-electron chi connectivity index (χ2n) is 7.25. The molecule has 27 heavy (non-hydrogen) atoms. The Morgan fingerprint density at radius 3 is 2.44 bits per heavy atom. The zero-order valence-corrected chi connectivity index (χ0v) is 18.5. The summed E-state index contributed by atoms with van der Waals surface area (Å²) in [5, 5.41) is 0. The number of hydrogen-bond acceptors (Lipinski definition) is 1. The monoisotopic (exact) mass is 492 g/mol. The van der Waals surface area contributed by atoms with E-state index < -0.39 is 0 Å². The number of aryl methyl sites for hydroxylation is 1. The van der Waals surface area contributed by atoms with Gasteiger partial charge in [-0.25, -0.2) is 0 Å². The first-order valence-corrected chi connectivity index (χ1v) is 11.3. The van der Waals surface area contributed by atoms with Gasteiger partial charge >= 0.3 is 0 Å². The molecule has 0 N–H and O–H groups in total.